The number of nitrogens with one attached hydrogen (secondary N) is 3. The number of rotatable bonds is 10. The Hall–Kier alpha value is -3.75. The molecule has 0 spiro atoms. The number of amides is 2. The van der Waals surface area contributed by atoms with Gasteiger partial charge in [0, 0.05) is 30.0 Å². The number of ether oxygens (including phenoxy) is 2. The first-order chi connectivity index (χ1) is 16.5. The van der Waals surface area contributed by atoms with E-state index < -0.39 is 0 Å². The van der Waals surface area contributed by atoms with Crippen molar-refractivity contribution in [1.82, 2.24) is 10.6 Å². The summed E-state index contributed by atoms with van der Waals surface area (Å²) in [4.78, 5) is 24.9. The van der Waals surface area contributed by atoms with E-state index in [1.165, 1.54) is 0 Å². The quantitative estimate of drug-likeness (QED) is 0.300. The molecule has 0 aliphatic rings. The number of hydrogen-bond acceptors (Lipinski definition) is 5. The van der Waals surface area contributed by atoms with Gasteiger partial charge < -0.3 is 20.1 Å². The summed E-state index contributed by atoms with van der Waals surface area (Å²) in [6.07, 6.45) is 0. The largest absolute Gasteiger partial charge is 0.491 e. The Kier molecular flexibility index (Phi) is 9.57. The summed E-state index contributed by atoms with van der Waals surface area (Å²) in [6, 6.07) is 23.4. The fourth-order valence-electron chi connectivity index (χ4n) is 3.01. The van der Waals surface area contributed by atoms with Gasteiger partial charge in [-0.3, -0.25) is 14.9 Å². The highest BCUT2D eigenvalue weighted by Gasteiger charge is 2.10. The van der Waals surface area contributed by atoms with Gasteiger partial charge in [-0.05, 0) is 67.2 Å². The SMILES string of the molecule is CCOCCOc1cccc(C(=O)NC(=S)Nc2ccc(C(=O)NCc3ccccc3)cc2)c1. The molecule has 3 aromatic rings. The highest BCUT2D eigenvalue weighted by molar-refractivity contribution is 7.80. The van der Waals surface area contributed by atoms with E-state index in [2.05, 4.69) is 16.0 Å². The van der Waals surface area contributed by atoms with Gasteiger partial charge in [-0.1, -0.05) is 36.4 Å². The second-order valence-electron chi connectivity index (χ2n) is 7.23. The average Bonchev–Trinajstić information content (AvgIpc) is 2.86. The molecule has 0 fully saturated rings. The number of carbonyl (C=O) groups excluding carboxylic acids is 2. The maximum absolute atomic E-state index is 12.5. The number of thiocarbonyl (C=S) groups is 1. The maximum atomic E-state index is 12.5. The average molecular weight is 478 g/mol. The van der Waals surface area contributed by atoms with Gasteiger partial charge >= 0.3 is 0 Å². The summed E-state index contributed by atoms with van der Waals surface area (Å²) in [5.74, 6) is 0.0478. The van der Waals surface area contributed by atoms with Crippen molar-refractivity contribution in [2.75, 3.05) is 25.1 Å². The summed E-state index contributed by atoms with van der Waals surface area (Å²) in [6.45, 7) is 3.88. The molecule has 0 saturated carbocycles. The molecule has 3 aromatic carbocycles. The van der Waals surface area contributed by atoms with Gasteiger partial charge in [0.1, 0.15) is 12.4 Å². The number of carbonyl (C=O) groups is 2. The van der Waals surface area contributed by atoms with E-state index in [1.807, 2.05) is 37.3 Å². The first kappa shape index (κ1) is 24.9. The minimum absolute atomic E-state index is 0.147. The van der Waals surface area contributed by atoms with Gasteiger partial charge in [0.05, 0.1) is 6.61 Å². The van der Waals surface area contributed by atoms with Crippen LogP contribution in [0.25, 0.3) is 0 Å². The fourth-order valence-corrected chi connectivity index (χ4v) is 3.22. The number of hydrogen-bond donors (Lipinski definition) is 3. The van der Waals surface area contributed by atoms with Crippen LogP contribution in [0.3, 0.4) is 0 Å². The van der Waals surface area contributed by atoms with Gasteiger partial charge in [-0.15, -0.1) is 0 Å². The fraction of sp³-hybridized carbons (Fsp3) is 0.192. The van der Waals surface area contributed by atoms with Crippen LogP contribution < -0.4 is 20.7 Å². The highest BCUT2D eigenvalue weighted by atomic mass is 32.1. The summed E-state index contributed by atoms with van der Waals surface area (Å²) >= 11 is 5.25. The highest BCUT2D eigenvalue weighted by Crippen LogP contribution is 2.14. The lowest BCUT2D eigenvalue weighted by Gasteiger charge is -2.11. The van der Waals surface area contributed by atoms with Crippen LogP contribution in [0.2, 0.25) is 0 Å². The van der Waals surface area contributed by atoms with E-state index in [0.29, 0.717) is 48.9 Å². The third kappa shape index (κ3) is 7.99. The standard InChI is InChI=1S/C26H27N3O4S/c1-2-32-15-16-33-23-10-6-9-21(17-23)25(31)29-26(34)28-22-13-11-20(12-14-22)24(30)27-18-19-7-4-3-5-8-19/h3-14,17H,2,15-16,18H2,1H3,(H,27,30)(H2,28,29,31,34). The number of anilines is 1. The normalized spacial score (nSPS) is 10.3. The molecule has 3 rings (SSSR count). The Labute approximate surface area is 204 Å². The van der Waals surface area contributed by atoms with Crippen LogP contribution in [0.15, 0.2) is 78.9 Å². The Morgan fingerprint density at radius 1 is 0.853 bits per heavy atom. The van der Waals surface area contributed by atoms with Crippen LogP contribution in [-0.4, -0.2) is 36.7 Å². The number of benzene rings is 3. The zero-order valence-corrected chi connectivity index (χ0v) is 19.7. The van der Waals surface area contributed by atoms with Gasteiger partial charge in [-0.2, -0.15) is 0 Å². The Morgan fingerprint density at radius 2 is 1.62 bits per heavy atom. The Bertz CT molecular complexity index is 1100. The topological polar surface area (TPSA) is 88.7 Å². The molecule has 0 radical (unpaired) electrons. The molecule has 0 bridgehead atoms. The van der Waals surface area contributed by atoms with Crippen LogP contribution in [0.1, 0.15) is 33.2 Å². The van der Waals surface area contributed by atoms with Gasteiger partial charge in [0.25, 0.3) is 11.8 Å². The van der Waals surface area contributed by atoms with Crippen molar-refractivity contribution in [3.63, 3.8) is 0 Å². The molecule has 0 unspecified atom stereocenters. The molecule has 8 heteroatoms. The summed E-state index contributed by atoms with van der Waals surface area (Å²) in [5, 5.41) is 8.63. The molecule has 0 atom stereocenters. The van der Waals surface area contributed by atoms with E-state index in [4.69, 9.17) is 21.7 Å². The van der Waals surface area contributed by atoms with E-state index in [-0.39, 0.29) is 16.9 Å². The van der Waals surface area contributed by atoms with Crippen LogP contribution in [0.4, 0.5) is 5.69 Å². The van der Waals surface area contributed by atoms with E-state index in [0.717, 1.165) is 5.56 Å². The van der Waals surface area contributed by atoms with Crippen LogP contribution in [0, 0.1) is 0 Å². The van der Waals surface area contributed by atoms with Crippen molar-refractivity contribution in [1.29, 1.82) is 0 Å². The van der Waals surface area contributed by atoms with Crippen molar-refractivity contribution in [3.05, 3.63) is 95.6 Å². The van der Waals surface area contributed by atoms with Crippen molar-refractivity contribution < 1.29 is 19.1 Å². The molecule has 7 nitrogen and oxygen atoms in total. The molecule has 0 saturated heterocycles. The minimum Gasteiger partial charge on any atom is -0.491 e. The Morgan fingerprint density at radius 3 is 2.35 bits per heavy atom. The first-order valence-electron chi connectivity index (χ1n) is 10.9. The van der Waals surface area contributed by atoms with E-state index >= 15 is 0 Å². The smallest absolute Gasteiger partial charge is 0.257 e. The molecule has 176 valence electrons. The third-order valence-corrected chi connectivity index (χ3v) is 4.93. The molecular formula is C26H27N3O4S. The van der Waals surface area contributed by atoms with Crippen LogP contribution in [-0.2, 0) is 11.3 Å². The second kappa shape index (κ2) is 13.1. The van der Waals surface area contributed by atoms with Crippen LogP contribution >= 0.6 is 12.2 Å². The molecule has 3 N–H and O–H groups in total. The van der Waals surface area contributed by atoms with E-state index in [1.54, 1.807) is 48.5 Å². The zero-order chi connectivity index (χ0) is 24.2. The van der Waals surface area contributed by atoms with Crippen LogP contribution in [0.5, 0.6) is 5.75 Å². The predicted octanol–water partition coefficient (Wildman–Crippen LogP) is 4.16. The van der Waals surface area contributed by atoms with Gasteiger partial charge in [-0.25, -0.2) is 0 Å². The predicted molar refractivity (Wildman–Crippen MR) is 136 cm³/mol. The van der Waals surface area contributed by atoms with Gasteiger partial charge in [0.15, 0.2) is 5.11 Å². The Balaban J connectivity index is 1.48. The molecule has 0 aliphatic carbocycles. The maximum Gasteiger partial charge on any atom is 0.257 e. The summed E-state index contributed by atoms with van der Waals surface area (Å²) in [5.41, 5.74) is 2.62. The van der Waals surface area contributed by atoms with Crippen molar-refractivity contribution in [2.45, 2.75) is 13.5 Å². The van der Waals surface area contributed by atoms with Crippen molar-refractivity contribution in [2.24, 2.45) is 0 Å². The van der Waals surface area contributed by atoms with Crippen molar-refractivity contribution >= 4 is 34.8 Å². The zero-order valence-electron chi connectivity index (χ0n) is 18.9. The summed E-state index contributed by atoms with van der Waals surface area (Å²) < 4.78 is 10.8. The molecule has 34 heavy (non-hydrogen) atoms. The second-order valence-corrected chi connectivity index (χ2v) is 7.64. The lowest BCUT2D eigenvalue weighted by Crippen LogP contribution is -2.34. The minimum atomic E-state index is -0.357. The lowest BCUT2D eigenvalue weighted by atomic mass is 10.1. The molecule has 0 aliphatic heterocycles. The van der Waals surface area contributed by atoms with Gasteiger partial charge in [0.2, 0.25) is 0 Å². The third-order valence-electron chi connectivity index (χ3n) is 4.72. The first-order valence-corrected chi connectivity index (χ1v) is 11.3. The molecule has 2 amide bonds. The molecule has 0 heterocycles. The summed E-state index contributed by atoms with van der Waals surface area (Å²) in [7, 11) is 0. The van der Waals surface area contributed by atoms with Crippen molar-refractivity contribution in [3.8, 4) is 5.75 Å². The lowest BCUT2D eigenvalue weighted by molar-refractivity contribution is 0.0948. The monoisotopic (exact) mass is 477 g/mol. The molecular weight excluding hydrogens is 450 g/mol. The van der Waals surface area contributed by atoms with E-state index in [9.17, 15) is 9.59 Å². The molecule has 0 aromatic heterocycles.